The second-order valence-corrected chi connectivity index (χ2v) is 11.5. The molecule has 0 amide bonds. The van der Waals surface area contributed by atoms with Crippen LogP contribution in [0.4, 0.5) is 0 Å². The van der Waals surface area contributed by atoms with E-state index < -0.39 is 54.2 Å². The maximum Gasteiger partial charge on any atom is 0.330 e. The molecule has 1 aromatic rings. The Labute approximate surface area is 196 Å². The van der Waals surface area contributed by atoms with Crippen molar-refractivity contribution in [1.82, 2.24) is 14.6 Å². The highest BCUT2D eigenvalue weighted by Gasteiger charge is 2.56. The molecule has 0 radical (unpaired) electrons. The quantitative estimate of drug-likeness (QED) is 0.343. The van der Waals surface area contributed by atoms with Gasteiger partial charge in [-0.1, -0.05) is 0 Å². The van der Waals surface area contributed by atoms with Gasteiger partial charge in [0.2, 0.25) is 0 Å². The first kappa shape index (κ1) is 26.2. The molecule has 2 N–H and O–H groups in total. The number of hydrogen-bond donors (Lipinski definition) is 2. The third-order valence-electron chi connectivity index (χ3n) is 4.73. The zero-order chi connectivity index (χ0) is 24.4. The minimum atomic E-state index is -3.09. The lowest BCUT2D eigenvalue weighted by atomic mass is 10.1. The number of nitrogens with zero attached hydrogens (tertiary/aromatic N) is 1. The smallest absolute Gasteiger partial charge is 0.330 e. The van der Waals surface area contributed by atoms with E-state index in [2.05, 4.69) is 10.1 Å². The normalized spacial score (nSPS) is 27.9. The molecule has 12 nitrogen and oxygen atoms in total. The Bertz CT molecular complexity index is 1010. The zero-order valence-electron chi connectivity index (χ0n) is 19.1. The molecule has 2 aliphatic heterocycles. The van der Waals surface area contributed by atoms with Gasteiger partial charge in [-0.15, -0.1) is 0 Å². The summed E-state index contributed by atoms with van der Waals surface area (Å²) in [6.45, 7) is 5.75. The largest absolute Gasteiger partial charge is 0.465 e. The number of esters is 1. The molecule has 33 heavy (non-hydrogen) atoms. The molecular formula is C19H30N3O9PS. The maximum absolute atomic E-state index is 12.3. The molecule has 0 aliphatic carbocycles. The van der Waals surface area contributed by atoms with E-state index in [0.29, 0.717) is 0 Å². The second-order valence-electron chi connectivity index (χ2n) is 8.23. The average Bonchev–Trinajstić information content (AvgIpc) is 3.18. The van der Waals surface area contributed by atoms with E-state index in [1.807, 2.05) is 0 Å². The summed E-state index contributed by atoms with van der Waals surface area (Å²) in [5.74, 6) is -1.40. The fourth-order valence-corrected chi connectivity index (χ4v) is 5.92. The van der Waals surface area contributed by atoms with Crippen molar-refractivity contribution in [3.8, 4) is 0 Å². The van der Waals surface area contributed by atoms with E-state index in [9.17, 15) is 14.4 Å². The number of H-pyrrole nitrogens is 1. The molecule has 5 atom stereocenters. The molecule has 2 aliphatic rings. The van der Waals surface area contributed by atoms with E-state index in [-0.39, 0.29) is 25.9 Å². The fourth-order valence-electron chi connectivity index (χ4n) is 3.58. The fraction of sp³-hybridized carbons (Fsp3) is 0.737. The first-order valence-corrected chi connectivity index (χ1v) is 13.2. The van der Waals surface area contributed by atoms with Gasteiger partial charge in [0.15, 0.2) is 12.0 Å². The van der Waals surface area contributed by atoms with Gasteiger partial charge >= 0.3 is 11.7 Å². The van der Waals surface area contributed by atoms with Gasteiger partial charge in [-0.05, 0) is 46.4 Å². The molecule has 2 fully saturated rings. The Morgan fingerprint density at radius 2 is 2.03 bits per heavy atom. The number of hydrogen-bond acceptors (Lipinski definition) is 10. The van der Waals surface area contributed by atoms with Crippen molar-refractivity contribution in [3.05, 3.63) is 33.1 Å². The van der Waals surface area contributed by atoms with E-state index in [1.165, 1.54) is 16.8 Å². The number of aromatic amines is 1. The molecule has 2 saturated heterocycles. The summed E-state index contributed by atoms with van der Waals surface area (Å²) in [5, 5.41) is 2.85. The number of ether oxygens (including phenoxy) is 4. The average molecular weight is 508 g/mol. The van der Waals surface area contributed by atoms with Gasteiger partial charge in [-0.3, -0.25) is 19.1 Å². The highest BCUT2D eigenvalue weighted by atomic mass is 32.5. The number of fused-ring (bicyclic) bond motifs is 1. The summed E-state index contributed by atoms with van der Waals surface area (Å²) < 4.78 is 35.9. The predicted octanol–water partition coefficient (Wildman–Crippen LogP) is 0.773. The van der Waals surface area contributed by atoms with Crippen molar-refractivity contribution in [2.45, 2.75) is 71.0 Å². The number of nitrogens with one attached hydrogen (secondary N) is 2. The molecular weight excluding hydrogens is 477 g/mol. The Balaban J connectivity index is 1.76. The topological polar surface area (TPSA) is 139 Å². The summed E-state index contributed by atoms with van der Waals surface area (Å²) in [5.41, 5.74) is -1.15. The predicted molar refractivity (Wildman–Crippen MR) is 120 cm³/mol. The number of carbonyl (C=O) groups is 1. The van der Waals surface area contributed by atoms with Crippen molar-refractivity contribution in [3.63, 3.8) is 0 Å². The van der Waals surface area contributed by atoms with Gasteiger partial charge in [0, 0.05) is 12.3 Å². The lowest BCUT2D eigenvalue weighted by Crippen LogP contribution is -2.37. The van der Waals surface area contributed by atoms with Crippen molar-refractivity contribution < 1.29 is 32.8 Å². The standard InChI is InChI=1S/C19H30N3O9PS/c1-6-26-14(24)9-20-32(33,31-11(2)3)27-10-12-15-16(30-19(4,5)29-15)17(28-12)22-8-7-13(23)21-18(22)25/h7-8,11-12,15-17H,6,9-10H2,1-5H3,(H,20,33)(H,21,23,25)/t12-,15-,16-,17-,32?/m1/s1. The molecule has 186 valence electrons. The molecule has 0 aromatic carbocycles. The minimum absolute atomic E-state index is 0.0466. The van der Waals surface area contributed by atoms with Crippen LogP contribution in [0.25, 0.3) is 0 Å². The lowest BCUT2D eigenvalue weighted by Gasteiger charge is -2.28. The zero-order valence-corrected chi connectivity index (χ0v) is 20.9. The SMILES string of the molecule is CCOC(=O)CNP(=S)(OC[C@H]1O[C@@H](n2ccc(=O)[nH]c2=O)[C@@H]2OC(C)(C)O[C@@H]21)OC(C)C. The van der Waals surface area contributed by atoms with Crippen molar-refractivity contribution in [2.24, 2.45) is 0 Å². The second kappa shape index (κ2) is 10.4. The molecule has 0 spiro atoms. The Hall–Kier alpha value is -1.44. The van der Waals surface area contributed by atoms with Crippen LogP contribution in [0.15, 0.2) is 21.9 Å². The Kier molecular flexibility index (Phi) is 8.28. The van der Waals surface area contributed by atoms with Gasteiger partial charge in [0.1, 0.15) is 24.9 Å². The minimum Gasteiger partial charge on any atom is -0.465 e. The van der Waals surface area contributed by atoms with Crippen LogP contribution >= 0.6 is 6.64 Å². The third kappa shape index (κ3) is 6.58. The van der Waals surface area contributed by atoms with E-state index >= 15 is 0 Å². The summed E-state index contributed by atoms with van der Waals surface area (Å²) in [7, 11) is 0. The third-order valence-corrected chi connectivity index (χ3v) is 7.43. The molecule has 0 bridgehead atoms. The highest BCUT2D eigenvalue weighted by molar-refractivity contribution is 8.09. The molecule has 1 aromatic heterocycles. The number of aromatic nitrogens is 2. The first-order valence-electron chi connectivity index (χ1n) is 10.6. The molecule has 3 heterocycles. The Morgan fingerprint density at radius 3 is 2.67 bits per heavy atom. The van der Waals surface area contributed by atoms with Gasteiger partial charge < -0.3 is 28.0 Å². The monoisotopic (exact) mass is 507 g/mol. The van der Waals surface area contributed by atoms with Crippen molar-refractivity contribution >= 4 is 24.4 Å². The van der Waals surface area contributed by atoms with Crippen LogP contribution in [-0.2, 0) is 44.6 Å². The first-order chi connectivity index (χ1) is 15.4. The van der Waals surface area contributed by atoms with Crippen LogP contribution in [0.1, 0.15) is 40.8 Å². The molecule has 14 heteroatoms. The summed E-state index contributed by atoms with van der Waals surface area (Å²) in [6.07, 6.45) is -1.65. The number of carbonyl (C=O) groups excluding carboxylic acids is 1. The number of rotatable bonds is 10. The molecule has 0 saturated carbocycles. The van der Waals surface area contributed by atoms with Crippen LogP contribution in [0.5, 0.6) is 0 Å². The lowest BCUT2D eigenvalue weighted by molar-refractivity contribution is -0.199. The van der Waals surface area contributed by atoms with Crippen LogP contribution in [0.2, 0.25) is 0 Å². The highest BCUT2D eigenvalue weighted by Crippen LogP contribution is 2.48. The van der Waals surface area contributed by atoms with Gasteiger partial charge in [-0.25, -0.2) is 9.88 Å². The van der Waals surface area contributed by atoms with Crippen LogP contribution in [0.3, 0.4) is 0 Å². The summed E-state index contributed by atoms with van der Waals surface area (Å²) in [6, 6.07) is 1.22. The van der Waals surface area contributed by atoms with E-state index in [4.69, 9.17) is 39.8 Å². The maximum atomic E-state index is 12.3. The van der Waals surface area contributed by atoms with E-state index in [0.717, 1.165) is 0 Å². The van der Waals surface area contributed by atoms with Crippen LogP contribution in [0, 0.1) is 0 Å². The van der Waals surface area contributed by atoms with Crippen molar-refractivity contribution in [2.75, 3.05) is 19.8 Å². The van der Waals surface area contributed by atoms with E-state index in [1.54, 1.807) is 34.6 Å². The van der Waals surface area contributed by atoms with Gasteiger partial charge in [0.25, 0.3) is 12.2 Å². The van der Waals surface area contributed by atoms with Crippen molar-refractivity contribution in [1.29, 1.82) is 0 Å². The summed E-state index contributed by atoms with van der Waals surface area (Å²) in [4.78, 5) is 37.8. The summed E-state index contributed by atoms with van der Waals surface area (Å²) >= 11 is 5.56. The van der Waals surface area contributed by atoms with Gasteiger partial charge in [0.05, 0.1) is 19.3 Å². The van der Waals surface area contributed by atoms with Crippen LogP contribution in [-0.4, -0.2) is 65.5 Å². The molecule has 3 rings (SSSR count). The van der Waals surface area contributed by atoms with Gasteiger partial charge in [-0.2, -0.15) is 0 Å². The Morgan fingerprint density at radius 1 is 1.33 bits per heavy atom. The van der Waals surface area contributed by atoms with Crippen LogP contribution < -0.4 is 16.3 Å². The molecule has 1 unspecified atom stereocenters.